The minimum absolute atomic E-state index is 0.152. The quantitative estimate of drug-likeness (QED) is 0.723. The molecule has 122 valence electrons. The Kier molecular flexibility index (Phi) is 3.08. The number of rotatable bonds is 1. The molecule has 2 fully saturated rings. The summed E-state index contributed by atoms with van der Waals surface area (Å²) in [6.07, 6.45) is 5.63. The third-order valence-electron chi connectivity index (χ3n) is 5.88. The summed E-state index contributed by atoms with van der Waals surface area (Å²) in [7, 11) is -0.332. The summed E-state index contributed by atoms with van der Waals surface area (Å²) < 4.78 is 18.9. The lowest BCUT2D eigenvalue weighted by Gasteiger charge is -2.43. The Morgan fingerprint density at radius 1 is 1.00 bits per heavy atom. The summed E-state index contributed by atoms with van der Waals surface area (Å²) in [6.45, 7) is 10.5. The Bertz CT molecular complexity index is 670. The molecule has 0 unspecified atom stereocenters. The first-order chi connectivity index (χ1) is 10.7. The van der Waals surface area contributed by atoms with Gasteiger partial charge < -0.3 is 14.0 Å². The molecule has 1 aromatic rings. The summed E-state index contributed by atoms with van der Waals surface area (Å²) >= 11 is 0. The second-order valence-electron chi connectivity index (χ2n) is 8.21. The molecule has 2 heterocycles. The van der Waals surface area contributed by atoms with Crippen LogP contribution in [-0.2, 0) is 9.31 Å². The van der Waals surface area contributed by atoms with Crippen molar-refractivity contribution in [2.45, 2.75) is 70.7 Å². The first-order valence-corrected chi connectivity index (χ1v) is 8.60. The SMILES string of the molecule is Cc1ccc2c(c1)C(B1OC(C)(C)C(C)(C)O1)=CC1(CCC1)O2. The minimum Gasteiger partial charge on any atom is -0.483 e. The normalized spacial score (nSPS) is 26.3. The molecule has 1 saturated carbocycles. The highest BCUT2D eigenvalue weighted by Crippen LogP contribution is 2.49. The molecular formula is C19H25BO3. The Morgan fingerprint density at radius 2 is 1.65 bits per heavy atom. The van der Waals surface area contributed by atoms with Crippen LogP contribution < -0.4 is 4.74 Å². The van der Waals surface area contributed by atoms with Gasteiger partial charge >= 0.3 is 7.12 Å². The lowest BCUT2D eigenvalue weighted by Crippen LogP contribution is -2.44. The van der Waals surface area contributed by atoms with Crippen molar-refractivity contribution in [3.05, 3.63) is 35.4 Å². The molecule has 0 atom stereocenters. The van der Waals surface area contributed by atoms with Gasteiger partial charge in [0.25, 0.3) is 0 Å². The number of ether oxygens (including phenoxy) is 1. The fourth-order valence-electron chi connectivity index (χ4n) is 3.50. The van der Waals surface area contributed by atoms with Crippen LogP contribution in [0.4, 0.5) is 0 Å². The Morgan fingerprint density at radius 3 is 2.22 bits per heavy atom. The maximum atomic E-state index is 6.32. The predicted octanol–water partition coefficient (Wildman–Crippen LogP) is 4.32. The molecule has 1 aromatic carbocycles. The highest BCUT2D eigenvalue weighted by Gasteiger charge is 2.54. The smallest absolute Gasteiger partial charge is 0.483 e. The molecule has 0 aromatic heterocycles. The molecular weight excluding hydrogens is 287 g/mol. The Labute approximate surface area is 139 Å². The van der Waals surface area contributed by atoms with E-state index in [1.54, 1.807) is 0 Å². The summed E-state index contributed by atoms with van der Waals surface area (Å²) in [5, 5.41) is 0. The van der Waals surface area contributed by atoms with E-state index in [1.165, 1.54) is 12.0 Å². The second-order valence-corrected chi connectivity index (χ2v) is 8.21. The zero-order chi connectivity index (χ0) is 16.5. The van der Waals surface area contributed by atoms with E-state index in [0.29, 0.717) is 0 Å². The topological polar surface area (TPSA) is 27.7 Å². The van der Waals surface area contributed by atoms with Gasteiger partial charge in [-0.3, -0.25) is 0 Å². The second kappa shape index (κ2) is 4.64. The van der Waals surface area contributed by atoms with Gasteiger partial charge in [-0.25, -0.2) is 0 Å². The van der Waals surface area contributed by atoms with E-state index in [1.807, 2.05) is 0 Å². The maximum absolute atomic E-state index is 6.32. The molecule has 0 bridgehead atoms. The molecule has 3 nitrogen and oxygen atoms in total. The number of hydrogen-bond acceptors (Lipinski definition) is 3. The van der Waals surface area contributed by atoms with Crippen molar-refractivity contribution >= 4 is 12.6 Å². The maximum Gasteiger partial charge on any atom is 0.495 e. The Balaban J connectivity index is 1.78. The average Bonchev–Trinajstić information content (AvgIpc) is 2.64. The first kappa shape index (κ1) is 15.3. The fourth-order valence-corrected chi connectivity index (χ4v) is 3.50. The fraction of sp³-hybridized carbons (Fsp3) is 0.579. The van der Waals surface area contributed by atoms with E-state index < -0.39 is 0 Å². The zero-order valence-corrected chi connectivity index (χ0v) is 14.7. The highest BCUT2D eigenvalue weighted by molar-refractivity contribution is 6.69. The number of aryl methyl sites for hydroxylation is 1. The van der Waals surface area contributed by atoms with Crippen LogP contribution in [0.5, 0.6) is 5.75 Å². The average molecular weight is 312 g/mol. The van der Waals surface area contributed by atoms with E-state index in [9.17, 15) is 0 Å². The van der Waals surface area contributed by atoms with Crippen LogP contribution >= 0.6 is 0 Å². The molecule has 4 rings (SSSR count). The standard InChI is InChI=1S/C19H25BO3/c1-13-7-8-16-14(11-13)15(12-19(21-16)9-6-10-19)20-22-17(2,3)18(4,5)23-20/h7-8,11-12H,6,9-10H2,1-5H3. The van der Waals surface area contributed by atoms with Gasteiger partial charge in [0.1, 0.15) is 11.4 Å². The molecule has 0 amide bonds. The minimum atomic E-state index is -0.332. The van der Waals surface area contributed by atoms with Crippen LogP contribution in [-0.4, -0.2) is 23.9 Å². The number of benzene rings is 1. The van der Waals surface area contributed by atoms with Crippen molar-refractivity contribution in [1.29, 1.82) is 0 Å². The van der Waals surface area contributed by atoms with Crippen LogP contribution in [0.3, 0.4) is 0 Å². The predicted molar refractivity (Wildman–Crippen MR) is 92.4 cm³/mol. The summed E-state index contributed by atoms with van der Waals surface area (Å²) in [6, 6.07) is 6.37. The van der Waals surface area contributed by atoms with Crippen LogP contribution in [0.25, 0.3) is 5.47 Å². The molecule has 1 saturated heterocycles. The van der Waals surface area contributed by atoms with Gasteiger partial charge in [-0.05, 0) is 77.6 Å². The largest absolute Gasteiger partial charge is 0.495 e. The van der Waals surface area contributed by atoms with Crippen molar-refractivity contribution in [2.75, 3.05) is 0 Å². The first-order valence-electron chi connectivity index (χ1n) is 8.60. The molecule has 0 radical (unpaired) electrons. The van der Waals surface area contributed by atoms with Crippen molar-refractivity contribution in [3.8, 4) is 5.75 Å². The Hall–Kier alpha value is -1.26. The monoisotopic (exact) mass is 312 g/mol. The van der Waals surface area contributed by atoms with E-state index in [4.69, 9.17) is 14.0 Å². The van der Waals surface area contributed by atoms with Crippen molar-refractivity contribution in [2.24, 2.45) is 0 Å². The van der Waals surface area contributed by atoms with Gasteiger partial charge in [-0.2, -0.15) is 0 Å². The summed E-state index contributed by atoms with van der Waals surface area (Å²) in [4.78, 5) is 0. The number of hydrogen-bond donors (Lipinski definition) is 0. The molecule has 1 aliphatic carbocycles. The molecule has 23 heavy (non-hydrogen) atoms. The zero-order valence-electron chi connectivity index (χ0n) is 14.7. The van der Waals surface area contributed by atoms with Crippen LogP contribution in [0, 0.1) is 6.92 Å². The third-order valence-corrected chi connectivity index (χ3v) is 5.88. The van der Waals surface area contributed by atoms with Crippen LogP contribution in [0.1, 0.15) is 58.1 Å². The van der Waals surface area contributed by atoms with Gasteiger partial charge in [-0.1, -0.05) is 11.6 Å². The van der Waals surface area contributed by atoms with E-state index in [-0.39, 0.29) is 23.9 Å². The molecule has 4 heteroatoms. The van der Waals surface area contributed by atoms with Crippen molar-refractivity contribution in [3.63, 3.8) is 0 Å². The molecule has 1 spiro atoms. The van der Waals surface area contributed by atoms with Gasteiger partial charge in [0.05, 0.1) is 11.2 Å². The van der Waals surface area contributed by atoms with Crippen LogP contribution in [0.2, 0.25) is 0 Å². The van der Waals surface area contributed by atoms with E-state index in [0.717, 1.165) is 29.6 Å². The van der Waals surface area contributed by atoms with E-state index >= 15 is 0 Å². The van der Waals surface area contributed by atoms with Gasteiger partial charge in [-0.15, -0.1) is 0 Å². The third kappa shape index (κ3) is 2.26. The lowest BCUT2D eigenvalue weighted by molar-refractivity contribution is 0.00578. The van der Waals surface area contributed by atoms with Gasteiger partial charge in [0, 0.05) is 5.56 Å². The molecule has 3 aliphatic rings. The molecule has 0 N–H and O–H groups in total. The summed E-state index contributed by atoms with van der Waals surface area (Å²) in [5.74, 6) is 0.961. The summed E-state index contributed by atoms with van der Waals surface area (Å²) in [5.41, 5.74) is 2.66. The van der Waals surface area contributed by atoms with Crippen molar-refractivity contribution in [1.82, 2.24) is 0 Å². The lowest BCUT2D eigenvalue weighted by atomic mass is 9.66. The van der Waals surface area contributed by atoms with Gasteiger partial charge in [0.15, 0.2) is 0 Å². The van der Waals surface area contributed by atoms with Crippen LogP contribution in [0.15, 0.2) is 24.3 Å². The number of fused-ring (bicyclic) bond motifs is 1. The highest BCUT2D eigenvalue weighted by atomic mass is 16.7. The van der Waals surface area contributed by atoms with E-state index in [2.05, 4.69) is 58.9 Å². The molecule has 2 aliphatic heterocycles. The van der Waals surface area contributed by atoms with Gasteiger partial charge in [0.2, 0.25) is 0 Å². The van der Waals surface area contributed by atoms with Crippen molar-refractivity contribution < 1.29 is 14.0 Å².